The highest BCUT2D eigenvalue weighted by atomic mass is 32.2. The van der Waals surface area contributed by atoms with Gasteiger partial charge in [0.15, 0.2) is 17.3 Å². The lowest BCUT2D eigenvalue weighted by Gasteiger charge is -2.42. The maximum absolute atomic E-state index is 13.5. The number of benzene rings is 15. The largest absolute Gasteiger partial charge is 0.308 e. The molecule has 0 saturated heterocycles. The van der Waals surface area contributed by atoms with E-state index in [-0.39, 0.29) is 89.2 Å². The number of sulfone groups is 4. The van der Waals surface area contributed by atoms with Crippen LogP contribution in [-0.4, -0.2) is 49.8 Å². The second-order valence-corrected chi connectivity index (χ2v) is 48.3. The van der Waals surface area contributed by atoms with Gasteiger partial charge in [-0.2, -0.15) is 0 Å². The number of carbonyl (C=O) groups is 2. The van der Waals surface area contributed by atoms with Gasteiger partial charge in [-0.3, -0.25) is 9.59 Å². The van der Waals surface area contributed by atoms with Crippen LogP contribution < -0.4 is 14.7 Å². The molecule has 6 aliphatic heterocycles. The van der Waals surface area contributed by atoms with E-state index in [1.807, 2.05) is 83.7 Å². The van der Waals surface area contributed by atoms with Crippen LogP contribution in [0.5, 0.6) is 0 Å². The molecule has 23 heteroatoms. The molecule has 694 valence electrons. The first kappa shape index (κ1) is 90.8. The Hall–Kier alpha value is -15.1. The third-order valence-corrected chi connectivity index (χ3v) is 39.7. The van der Waals surface area contributed by atoms with E-state index in [9.17, 15) is 43.3 Å². The fraction of sp³-hybridized carbons (Fsp3) is 0.0840. The lowest BCUT2D eigenvalue weighted by molar-refractivity contribution is 0.102. The van der Waals surface area contributed by atoms with Crippen LogP contribution >= 0.6 is 45.3 Å². The van der Waals surface area contributed by atoms with Crippen LogP contribution in [0.4, 0.5) is 55.5 Å². The van der Waals surface area contributed by atoms with Crippen LogP contribution in [0.15, 0.2) is 425 Å². The zero-order valence-corrected chi connectivity index (χ0v) is 84.1. The second-order valence-electron chi connectivity index (χ2n) is 37.2. The van der Waals surface area contributed by atoms with Gasteiger partial charge in [-0.1, -0.05) is 260 Å². The molecule has 0 radical (unpaired) electrons. The minimum absolute atomic E-state index is 0.0668. The van der Waals surface area contributed by atoms with E-state index >= 15 is 0 Å². The van der Waals surface area contributed by atoms with Crippen LogP contribution in [0, 0.1) is 13.5 Å². The molecule has 0 spiro atoms. The molecule has 11 heterocycles. The zero-order chi connectivity index (χ0) is 98.0. The number of para-hydroxylation sites is 9. The number of carbonyl (C=O) groups excluding carboxylic acids is 2. The zero-order valence-electron chi connectivity index (χ0n) is 77.5. The molecule has 5 aromatic heterocycles. The third kappa shape index (κ3) is 14.1. The summed E-state index contributed by atoms with van der Waals surface area (Å²) in [4.78, 5) is 39.1. The normalized spacial score (nSPS) is 15.6. The van der Waals surface area contributed by atoms with Crippen molar-refractivity contribution in [3.05, 3.63) is 458 Å². The van der Waals surface area contributed by atoms with Gasteiger partial charge in [-0.15, -0.1) is 45.3 Å². The molecule has 26 rings (SSSR count). The number of hydrogen-bond donors (Lipinski definition) is 0. The molecular formula is C119H85N5O10S8. The minimum Gasteiger partial charge on any atom is -0.308 e. The van der Waals surface area contributed by atoms with Crippen molar-refractivity contribution in [1.82, 2.24) is 4.57 Å². The van der Waals surface area contributed by atoms with Crippen molar-refractivity contribution < 1.29 is 43.3 Å². The first-order chi connectivity index (χ1) is 68.5. The SMILES string of the molecule is CC1(C)c2ccccc2N(c2ccsc2-c2ccc3c(c2)C(=O)c2ccccc2S3(=O)=O)c2ccccc21.CC1(C)c2ccccc2N(c2sccc2-c2ccc3c(c2)C(=O)c2ccccc2S3(=O)=O)c2ccccc21.O=S1(=O)c2ccccc2S(=O)(=O)c2cc(-c3sccc3-n3c4ccccc4c4ccccc43)ccc21.[C-]#[N+]c1c(C)cccc1-c1ccsc1N1c2ccccc2C(C)(C)c2ccccc21. The van der Waals surface area contributed by atoms with E-state index in [1.165, 1.54) is 98.6 Å². The summed E-state index contributed by atoms with van der Waals surface area (Å²) >= 11 is 6.42. The van der Waals surface area contributed by atoms with Crippen molar-refractivity contribution >= 4 is 174 Å². The Morgan fingerprint density at radius 2 is 0.577 bits per heavy atom. The third-order valence-electron chi connectivity index (χ3n) is 28.3. The Bertz CT molecular complexity index is 8830. The Morgan fingerprint density at radius 1 is 0.261 bits per heavy atom. The highest BCUT2D eigenvalue weighted by Gasteiger charge is 2.45. The Morgan fingerprint density at radius 3 is 1.04 bits per heavy atom. The van der Waals surface area contributed by atoms with E-state index in [4.69, 9.17) is 6.57 Å². The molecule has 142 heavy (non-hydrogen) atoms. The summed E-state index contributed by atoms with van der Waals surface area (Å²) in [6.45, 7) is 23.4. The van der Waals surface area contributed by atoms with Gasteiger partial charge in [0.1, 0.15) is 10.0 Å². The van der Waals surface area contributed by atoms with Crippen molar-refractivity contribution in [2.75, 3.05) is 14.7 Å². The van der Waals surface area contributed by atoms with Gasteiger partial charge in [0, 0.05) is 60.4 Å². The lowest BCUT2D eigenvalue weighted by Crippen LogP contribution is -2.30. The number of hydrogen-bond acceptors (Lipinski definition) is 17. The van der Waals surface area contributed by atoms with Gasteiger partial charge >= 0.3 is 0 Å². The standard InChI is InChI=1S/2C32H23NO3S2.C28H17NO4S3.C27H22N2S/c1-32(2)24-10-4-6-12-26(24)33(27-13-7-5-11-25(27)32)31-21(17-18-37-31)20-15-16-29-23(19-20)30(34)22-9-3-8-14-28(22)38(29,35)36;1-32(2)23-10-4-6-12-25(23)33(26-13-7-5-11-24(26)32)27-17-18-37-31(27)20-15-16-29-22(19-20)30(34)21-9-3-8-14-28(21)38(29,35)36;30-35(31)24-11-5-6-12-25(24)36(32,33)27-17-18(13-14-26(27)35)28-23(15-16-34-28)29-21-9-3-1-7-19(21)20-8-2-4-10-22(20)29;1-18-10-9-11-19(25(18)28-4)20-16-17-30-26(20)29-23-14-7-5-12-21(23)27(2,3)22-13-6-8-15-24(22)29/h2*3-19H,1-2H3;1-17H;5-17H,1-3H3. The quantitative estimate of drug-likeness (QED) is 0.131. The molecule has 20 aromatic rings. The smallest absolute Gasteiger partial charge is 0.209 e. The maximum Gasteiger partial charge on any atom is 0.209 e. The van der Waals surface area contributed by atoms with Crippen LogP contribution in [-0.2, 0) is 55.6 Å². The first-order valence-corrected chi connectivity index (χ1v) is 55.5. The summed E-state index contributed by atoms with van der Waals surface area (Å²) in [5.74, 6) is -0.528. The van der Waals surface area contributed by atoms with Gasteiger partial charge in [-0.25, -0.2) is 38.5 Å². The molecule has 0 N–H and O–H groups in total. The predicted molar refractivity (Wildman–Crippen MR) is 573 cm³/mol. The molecule has 0 aliphatic carbocycles. The topological polar surface area (TPSA) is 190 Å². The fourth-order valence-electron chi connectivity index (χ4n) is 21.4. The number of rotatable bonds is 8. The summed E-state index contributed by atoms with van der Waals surface area (Å²) < 4.78 is 109. The van der Waals surface area contributed by atoms with E-state index < -0.39 is 39.3 Å². The average molecular weight is 2000 g/mol. The number of anilines is 9. The number of thiophene rings is 4. The highest BCUT2D eigenvalue weighted by molar-refractivity contribution is 7.97. The summed E-state index contributed by atoms with van der Waals surface area (Å²) in [6.07, 6.45) is 0. The molecule has 0 fully saturated rings. The van der Waals surface area contributed by atoms with Gasteiger partial charge in [0.05, 0.1) is 112 Å². The van der Waals surface area contributed by atoms with Crippen molar-refractivity contribution in [2.45, 2.75) is 104 Å². The molecule has 15 nitrogen and oxygen atoms in total. The van der Waals surface area contributed by atoms with Crippen molar-refractivity contribution in [3.63, 3.8) is 0 Å². The molecule has 15 aromatic carbocycles. The first-order valence-electron chi connectivity index (χ1n) is 46.1. The predicted octanol–water partition coefficient (Wildman–Crippen LogP) is 30.7. The average Bonchev–Trinajstić information content (AvgIpc) is 0.931. The second kappa shape index (κ2) is 34.1. The van der Waals surface area contributed by atoms with Gasteiger partial charge in [0.25, 0.3) is 0 Å². The van der Waals surface area contributed by atoms with Crippen LogP contribution in [0.1, 0.15) is 112 Å². The molecule has 0 saturated carbocycles. The van der Waals surface area contributed by atoms with Crippen LogP contribution in [0.2, 0.25) is 0 Å². The molecule has 0 atom stereocenters. The fourth-order valence-corrected chi connectivity index (χ4v) is 32.4. The molecular weight excluding hydrogens is 1920 g/mol. The van der Waals surface area contributed by atoms with E-state index in [1.54, 1.807) is 107 Å². The minimum atomic E-state index is -4.00. The van der Waals surface area contributed by atoms with E-state index in [0.29, 0.717) is 5.56 Å². The highest BCUT2D eigenvalue weighted by Crippen LogP contribution is 2.60. The Balaban J connectivity index is 0.000000106. The maximum atomic E-state index is 13.5. The number of fused-ring (bicyclic) bond motifs is 15. The summed E-state index contributed by atoms with van der Waals surface area (Å²) in [6, 6.07) is 116. The number of nitrogens with zero attached hydrogens (tertiary/aromatic N) is 5. The summed E-state index contributed by atoms with van der Waals surface area (Å²) in [5.41, 5.74) is 26.0. The molecule has 6 aliphatic rings. The molecule has 0 amide bonds. The van der Waals surface area contributed by atoms with Crippen molar-refractivity contribution in [3.8, 4) is 48.8 Å². The summed E-state index contributed by atoms with van der Waals surface area (Å²) in [5, 5.41) is 12.6. The number of ketones is 2. The lowest BCUT2D eigenvalue weighted by atomic mass is 9.73. The van der Waals surface area contributed by atoms with Crippen molar-refractivity contribution in [1.29, 1.82) is 0 Å². The molecule has 0 unspecified atom stereocenters. The Labute approximate surface area is 839 Å². The van der Waals surface area contributed by atoms with Crippen LogP contribution in [0.3, 0.4) is 0 Å². The monoisotopic (exact) mass is 2000 g/mol. The van der Waals surface area contributed by atoms with Gasteiger partial charge in [0.2, 0.25) is 39.3 Å². The van der Waals surface area contributed by atoms with Crippen LogP contribution in [0.25, 0.3) is 75.5 Å². The molecule has 0 bridgehead atoms. The summed E-state index contributed by atoms with van der Waals surface area (Å²) in [7, 11) is -15.5. The number of aromatic nitrogens is 1. The van der Waals surface area contributed by atoms with E-state index in [2.05, 4.69) is 259 Å². The van der Waals surface area contributed by atoms with Crippen molar-refractivity contribution in [2.24, 2.45) is 0 Å². The Kier molecular flexibility index (Phi) is 21.8. The van der Waals surface area contributed by atoms with Gasteiger partial charge in [-0.05, 0) is 235 Å². The number of aryl methyl sites for hydroxylation is 1. The van der Waals surface area contributed by atoms with Gasteiger partial charge < -0.3 is 19.3 Å². The van der Waals surface area contributed by atoms with E-state index in [0.717, 1.165) is 115 Å².